The van der Waals surface area contributed by atoms with Crippen molar-refractivity contribution in [1.29, 1.82) is 0 Å². The maximum atomic E-state index is 9.72. The second-order valence-corrected chi connectivity index (χ2v) is 6.00. The van der Waals surface area contributed by atoms with Crippen LogP contribution in [0, 0.1) is 0 Å². The number of aryl methyl sites for hydroxylation is 1. The molecule has 1 N–H and O–H groups in total. The van der Waals surface area contributed by atoms with Crippen molar-refractivity contribution in [3.63, 3.8) is 0 Å². The summed E-state index contributed by atoms with van der Waals surface area (Å²) < 4.78 is 0. The Kier molecular flexibility index (Phi) is 7.38. The molecule has 2 heteroatoms. The zero-order valence-corrected chi connectivity index (χ0v) is 14.0. The van der Waals surface area contributed by atoms with Crippen molar-refractivity contribution in [3.8, 4) is 5.75 Å². The van der Waals surface area contributed by atoms with Crippen LogP contribution in [0.25, 0.3) is 0 Å². The average Bonchev–Trinajstić information content (AvgIpc) is 2.58. The fourth-order valence-corrected chi connectivity index (χ4v) is 2.60. The Balaban J connectivity index is 1.79. The largest absolute Gasteiger partial charge is 0.507 e. The van der Waals surface area contributed by atoms with E-state index in [-0.39, 0.29) is 5.75 Å². The number of nitrogens with zero attached hydrogens (tertiary/aromatic N) is 1. The summed E-state index contributed by atoms with van der Waals surface area (Å²) in [5.41, 5.74) is 3.03. The molecule has 0 aliphatic heterocycles. The van der Waals surface area contributed by atoms with Gasteiger partial charge in [-0.1, -0.05) is 63.3 Å². The first kappa shape index (κ1) is 17.3. The molecule has 0 saturated carbocycles. The van der Waals surface area contributed by atoms with Crippen LogP contribution in [0.5, 0.6) is 5.75 Å². The van der Waals surface area contributed by atoms with E-state index >= 15 is 0 Å². The molecule has 0 aromatic heterocycles. The minimum atomic E-state index is 0.260. The van der Waals surface area contributed by atoms with Gasteiger partial charge in [-0.2, -0.15) is 0 Å². The molecule has 0 bridgehead atoms. The van der Waals surface area contributed by atoms with Crippen molar-refractivity contribution in [1.82, 2.24) is 0 Å². The topological polar surface area (TPSA) is 32.6 Å². The van der Waals surface area contributed by atoms with Crippen LogP contribution < -0.4 is 0 Å². The summed E-state index contributed by atoms with van der Waals surface area (Å²) in [4.78, 5) is 4.42. The van der Waals surface area contributed by atoms with Gasteiger partial charge in [0.2, 0.25) is 0 Å². The monoisotopic (exact) mass is 309 g/mol. The molecular formula is C21H27NO. The van der Waals surface area contributed by atoms with Gasteiger partial charge in [0.05, 0.1) is 5.69 Å². The summed E-state index contributed by atoms with van der Waals surface area (Å²) in [6.45, 7) is 2.25. The molecule has 122 valence electrons. The SMILES string of the molecule is CCCCCCCCc1ccc(/N=C/c2ccccc2O)cc1. The molecule has 0 heterocycles. The Hall–Kier alpha value is -2.09. The molecule has 2 nitrogen and oxygen atoms in total. The molecule has 23 heavy (non-hydrogen) atoms. The van der Waals surface area contributed by atoms with Crippen LogP contribution in [0.1, 0.15) is 56.6 Å². The molecule has 0 spiro atoms. The van der Waals surface area contributed by atoms with Gasteiger partial charge < -0.3 is 5.11 Å². The number of phenolic OH excluding ortho intramolecular Hbond substituents is 1. The van der Waals surface area contributed by atoms with Gasteiger partial charge in [0.1, 0.15) is 5.75 Å². The first-order valence-corrected chi connectivity index (χ1v) is 8.70. The fraction of sp³-hybridized carbons (Fsp3) is 0.381. The van der Waals surface area contributed by atoms with Crippen LogP contribution in [0.3, 0.4) is 0 Å². The van der Waals surface area contributed by atoms with Gasteiger partial charge in [-0.25, -0.2) is 0 Å². The molecule has 2 aromatic carbocycles. The van der Waals surface area contributed by atoms with Gasteiger partial charge in [0.15, 0.2) is 0 Å². The highest BCUT2D eigenvalue weighted by molar-refractivity contribution is 5.85. The minimum Gasteiger partial charge on any atom is -0.507 e. The number of para-hydroxylation sites is 1. The molecule has 0 aliphatic carbocycles. The lowest BCUT2D eigenvalue weighted by atomic mass is 10.0. The summed E-state index contributed by atoms with van der Waals surface area (Å²) >= 11 is 0. The Labute approximate surface area is 139 Å². The summed E-state index contributed by atoms with van der Waals surface area (Å²) in [7, 11) is 0. The molecule has 0 saturated heterocycles. The molecule has 0 radical (unpaired) electrons. The van der Waals surface area contributed by atoms with Crippen molar-refractivity contribution in [2.24, 2.45) is 4.99 Å². The molecule has 0 unspecified atom stereocenters. The Morgan fingerprint density at radius 2 is 1.57 bits per heavy atom. The van der Waals surface area contributed by atoms with E-state index in [1.54, 1.807) is 12.3 Å². The molecule has 2 aromatic rings. The average molecular weight is 309 g/mol. The molecular weight excluding hydrogens is 282 g/mol. The van der Waals surface area contributed by atoms with E-state index in [1.165, 1.54) is 44.1 Å². The molecule has 2 rings (SSSR count). The quantitative estimate of drug-likeness (QED) is 0.444. The highest BCUT2D eigenvalue weighted by Gasteiger charge is 1.97. The number of aliphatic imine (C=N–C) groups is 1. The summed E-state index contributed by atoms with van der Waals surface area (Å²) in [5.74, 6) is 0.260. The molecule has 0 fully saturated rings. The van der Waals surface area contributed by atoms with Crippen molar-refractivity contribution in [3.05, 3.63) is 59.7 Å². The van der Waals surface area contributed by atoms with Gasteiger partial charge in [-0.05, 0) is 42.7 Å². The Morgan fingerprint density at radius 1 is 0.870 bits per heavy atom. The minimum absolute atomic E-state index is 0.260. The van der Waals surface area contributed by atoms with E-state index < -0.39 is 0 Å². The van der Waals surface area contributed by atoms with Gasteiger partial charge >= 0.3 is 0 Å². The smallest absolute Gasteiger partial charge is 0.124 e. The number of phenols is 1. The number of benzene rings is 2. The van der Waals surface area contributed by atoms with E-state index in [2.05, 4.69) is 24.0 Å². The van der Waals surface area contributed by atoms with Crippen molar-refractivity contribution in [2.45, 2.75) is 51.9 Å². The molecule has 0 aliphatic rings. The Morgan fingerprint density at radius 3 is 2.30 bits per heavy atom. The van der Waals surface area contributed by atoms with Gasteiger partial charge in [0, 0.05) is 11.8 Å². The van der Waals surface area contributed by atoms with Crippen LogP contribution in [0.15, 0.2) is 53.5 Å². The van der Waals surface area contributed by atoms with Crippen LogP contribution in [0.4, 0.5) is 5.69 Å². The first-order valence-electron chi connectivity index (χ1n) is 8.70. The van der Waals surface area contributed by atoms with Crippen LogP contribution in [-0.2, 0) is 6.42 Å². The highest BCUT2D eigenvalue weighted by atomic mass is 16.3. The number of aromatic hydroxyl groups is 1. The van der Waals surface area contributed by atoms with Crippen LogP contribution in [0.2, 0.25) is 0 Å². The lowest BCUT2D eigenvalue weighted by molar-refractivity contribution is 0.474. The first-order chi connectivity index (χ1) is 11.3. The summed E-state index contributed by atoms with van der Waals surface area (Å²) in [5, 5.41) is 9.72. The third-order valence-corrected chi connectivity index (χ3v) is 4.04. The predicted molar refractivity (Wildman–Crippen MR) is 98.9 cm³/mol. The second-order valence-electron chi connectivity index (χ2n) is 6.00. The van der Waals surface area contributed by atoms with Crippen LogP contribution >= 0.6 is 0 Å². The van der Waals surface area contributed by atoms with Gasteiger partial charge in [-0.15, -0.1) is 0 Å². The zero-order valence-electron chi connectivity index (χ0n) is 14.0. The third kappa shape index (κ3) is 6.27. The lowest BCUT2D eigenvalue weighted by Crippen LogP contribution is -1.86. The standard InChI is InChI=1S/C21H27NO/c1-2-3-4-5-6-7-10-18-13-15-20(16-14-18)22-17-19-11-8-9-12-21(19)23/h8-9,11-17,23H,2-7,10H2,1H3/b22-17+. The summed E-state index contributed by atoms with van der Waals surface area (Å²) in [6, 6.07) is 15.6. The lowest BCUT2D eigenvalue weighted by Gasteiger charge is -2.03. The number of hydrogen-bond acceptors (Lipinski definition) is 2. The van der Waals surface area contributed by atoms with E-state index in [1.807, 2.05) is 30.3 Å². The highest BCUT2D eigenvalue weighted by Crippen LogP contribution is 2.18. The fourth-order valence-electron chi connectivity index (χ4n) is 2.60. The number of rotatable bonds is 9. The van der Waals surface area contributed by atoms with Crippen molar-refractivity contribution >= 4 is 11.9 Å². The number of unbranched alkanes of at least 4 members (excludes halogenated alkanes) is 5. The normalized spacial score (nSPS) is 11.2. The van der Waals surface area contributed by atoms with Crippen LogP contribution in [-0.4, -0.2) is 11.3 Å². The van der Waals surface area contributed by atoms with Crippen molar-refractivity contribution in [2.75, 3.05) is 0 Å². The molecule has 0 atom stereocenters. The van der Waals surface area contributed by atoms with Gasteiger partial charge in [-0.3, -0.25) is 4.99 Å². The predicted octanol–water partition coefficient (Wildman–Crippen LogP) is 6.05. The maximum absolute atomic E-state index is 9.72. The second kappa shape index (κ2) is 9.83. The van der Waals surface area contributed by atoms with E-state index in [0.717, 1.165) is 17.7 Å². The van der Waals surface area contributed by atoms with E-state index in [4.69, 9.17) is 0 Å². The van der Waals surface area contributed by atoms with Crippen molar-refractivity contribution < 1.29 is 5.11 Å². The van der Waals surface area contributed by atoms with Gasteiger partial charge in [0.25, 0.3) is 0 Å². The van der Waals surface area contributed by atoms with E-state index in [9.17, 15) is 5.11 Å². The third-order valence-electron chi connectivity index (χ3n) is 4.04. The summed E-state index contributed by atoms with van der Waals surface area (Å²) in [6.07, 6.45) is 10.9. The Bertz CT molecular complexity index is 601. The maximum Gasteiger partial charge on any atom is 0.124 e. The zero-order chi connectivity index (χ0) is 16.3. The van der Waals surface area contributed by atoms with E-state index in [0.29, 0.717) is 0 Å². The number of hydrogen-bond donors (Lipinski definition) is 1. The molecule has 0 amide bonds.